The highest BCUT2D eigenvalue weighted by Crippen LogP contribution is 2.53. The molecule has 1 aliphatic carbocycles. The van der Waals surface area contributed by atoms with Gasteiger partial charge in [0.15, 0.2) is 0 Å². The van der Waals surface area contributed by atoms with Crippen LogP contribution in [0.1, 0.15) is 25.0 Å². The second-order valence-electron chi connectivity index (χ2n) is 6.54. The maximum absolute atomic E-state index is 10.6. The standard InChI is InChI=1S/C20H17BrO2/c1-20(2)16-8-11(21)4-6-14(16)19-13-7-5-12(23-3)9-15(13)18(22)10-17(19)20/h4-10,22H,1-3H3. The molecule has 3 aromatic carbocycles. The molecular formula is C20H17BrO2. The van der Waals surface area contributed by atoms with Gasteiger partial charge < -0.3 is 9.84 Å². The number of fused-ring (bicyclic) bond motifs is 5. The van der Waals surface area contributed by atoms with Crippen LogP contribution in [0.15, 0.2) is 46.9 Å². The predicted octanol–water partition coefficient (Wildman–Crippen LogP) is 5.62. The fraction of sp³-hybridized carbons (Fsp3) is 0.200. The van der Waals surface area contributed by atoms with Crippen molar-refractivity contribution in [3.63, 3.8) is 0 Å². The van der Waals surface area contributed by atoms with Gasteiger partial charge in [-0.3, -0.25) is 0 Å². The molecule has 0 bridgehead atoms. The third-order valence-corrected chi connectivity index (χ3v) is 5.41. The van der Waals surface area contributed by atoms with Crippen molar-refractivity contribution in [3.05, 3.63) is 58.1 Å². The van der Waals surface area contributed by atoms with Gasteiger partial charge in [0.2, 0.25) is 0 Å². The van der Waals surface area contributed by atoms with E-state index in [1.54, 1.807) is 7.11 Å². The first-order valence-corrected chi connectivity index (χ1v) is 8.37. The van der Waals surface area contributed by atoms with Gasteiger partial charge in [0.25, 0.3) is 0 Å². The molecule has 0 saturated carbocycles. The Morgan fingerprint density at radius 3 is 2.48 bits per heavy atom. The number of phenolic OH excluding ortho intramolecular Hbond substituents is 1. The first kappa shape index (κ1) is 14.6. The van der Waals surface area contributed by atoms with Gasteiger partial charge in [0.1, 0.15) is 11.5 Å². The highest BCUT2D eigenvalue weighted by atomic mass is 79.9. The first-order chi connectivity index (χ1) is 10.9. The summed E-state index contributed by atoms with van der Waals surface area (Å²) in [7, 11) is 1.64. The van der Waals surface area contributed by atoms with Gasteiger partial charge in [-0.15, -0.1) is 0 Å². The number of aromatic hydroxyl groups is 1. The van der Waals surface area contributed by atoms with Crippen LogP contribution in [-0.4, -0.2) is 12.2 Å². The van der Waals surface area contributed by atoms with Crippen molar-refractivity contribution in [1.82, 2.24) is 0 Å². The lowest BCUT2D eigenvalue weighted by Crippen LogP contribution is -2.14. The molecule has 3 heteroatoms. The zero-order valence-corrected chi connectivity index (χ0v) is 14.9. The van der Waals surface area contributed by atoms with Crippen LogP contribution in [0.3, 0.4) is 0 Å². The Morgan fingerprint density at radius 1 is 0.957 bits per heavy atom. The van der Waals surface area contributed by atoms with Crippen LogP contribution in [0.2, 0.25) is 0 Å². The quantitative estimate of drug-likeness (QED) is 0.603. The number of ether oxygens (including phenoxy) is 1. The Labute approximate surface area is 143 Å². The van der Waals surface area contributed by atoms with E-state index >= 15 is 0 Å². The highest BCUT2D eigenvalue weighted by molar-refractivity contribution is 9.10. The van der Waals surface area contributed by atoms with Crippen molar-refractivity contribution in [2.24, 2.45) is 0 Å². The monoisotopic (exact) mass is 368 g/mol. The molecule has 0 heterocycles. The van der Waals surface area contributed by atoms with Crippen molar-refractivity contribution in [2.75, 3.05) is 7.11 Å². The minimum absolute atomic E-state index is 0.139. The van der Waals surface area contributed by atoms with E-state index in [0.717, 1.165) is 21.0 Å². The van der Waals surface area contributed by atoms with Crippen LogP contribution in [-0.2, 0) is 5.41 Å². The number of benzene rings is 3. The summed E-state index contributed by atoms with van der Waals surface area (Å²) in [6.45, 7) is 4.41. The van der Waals surface area contributed by atoms with Crippen molar-refractivity contribution in [2.45, 2.75) is 19.3 Å². The summed E-state index contributed by atoms with van der Waals surface area (Å²) in [5, 5.41) is 12.4. The van der Waals surface area contributed by atoms with Crippen LogP contribution >= 0.6 is 15.9 Å². The maximum atomic E-state index is 10.6. The summed E-state index contributed by atoms with van der Waals surface area (Å²) >= 11 is 3.58. The van der Waals surface area contributed by atoms with E-state index in [4.69, 9.17) is 4.74 Å². The largest absolute Gasteiger partial charge is 0.507 e. The molecule has 0 unspecified atom stereocenters. The van der Waals surface area contributed by atoms with Gasteiger partial charge in [-0.1, -0.05) is 35.8 Å². The van der Waals surface area contributed by atoms with Gasteiger partial charge in [-0.25, -0.2) is 0 Å². The summed E-state index contributed by atoms with van der Waals surface area (Å²) in [6, 6.07) is 14.2. The molecule has 1 aliphatic rings. The fourth-order valence-electron chi connectivity index (χ4n) is 3.69. The van der Waals surface area contributed by atoms with E-state index in [1.165, 1.54) is 22.3 Å². The summed E-state index contributed by atoms with van der Waals surface area (Å²) in [5.74, 6) is 1.05. The number of hydrogen-bond acceptors (Lipinski definition) is 2. The van der Waals surface area contributed by atoms with Crippen LogP contribution in [0.5, 0.6) is 11.5 Å². The van der Waals surface area contributed by atoms with E-state index in [-0.39, 0.29) is 5.41 Å². The number of rotatable bonds is 1. The Hall–Kier alpha value is -2.00. The van der Waals surface area contributed by atoms with Crippen molar-refractivity contribution in [1.29, 1.82) is 0 Å². The second kappa shape index (κ2) is 4.75. The maximum Gasteiger partial charge on any atom is 0.123 e. The van der Waals surface area contributed by atoms with E-state index in [9.17, 15) is 5.11 Å². The molecule has 1 N–H and O–H groups in total. The number of hydrogen-bond donors (Lipinski definition) is 1. The highest BCUT2D eigenvalue weighted by Gasteiger charge is 2.37. The van der Waals surface area contributed by atoms with Crippen LogP contribution in [0.25, 0.3) is 21.9 Å². The van der Waals surface area contributed by atoms with E-state index in [1.807, 2.05) is 24.3 Å². The zero-order chi connectivity index (χ0) is 16.4. The lowest BCUT2D eigenvalue weighted by molar-refractivity contribution is 0.415. The molecule has 0 amide bonds. The average molecular weight is 369 g/mol. The molecule has 0 aliphatic heterocycles. The SMILES string of the molecule is COc1ccc2c3c(cc(O)c2c1)C(C)(C)c1cc(Br)ccc1-3. The normalized spacial score (nSPS) is 14.6. The Kier molecular flexibility index (Phi) is 3.01. The van der Waals surface area contributed by atoms with Gasteiger partial charge >= 0.3 is 0 Å². The van der Waals surface area contributed by atoms with Gasteiger partial charge in [-0.05, 0) is 64.0 Å². The zero-order valence-electron chi connectivity index (χ0n) is 13.3. The van der Waals surface area contributed by atoms with Gasteiger partial charge in [-0.2, -0.15) is 0 Å². The average Bonchev–Trinajstić information content (AvgIpc) is 2.75. The van der Waals surface area contributed by atoms with E-state index < -0.39 is 0 Å². The van der Waals surface area contributed by atoms with Crippen LogP contribution < -0.4 is 4.74 Å². The van der Waals surface area contributed by atoms with Crippen molar-refractivity contribution in [3.8, 4) is 22.6 Å². The number of methoxy groups -OCH3 is 1. The second-order valence-corrected chi connectivity index (χ2v) is 7.46. The molecule has 23 heavy (non-hydrogen) atoms. The molecule has 2 nitrogen and oxygen atoms in total. The molecular weight excluding hydrogens is 352 g/mol. The molecule has 0 atom stereocenters. The minimum atomic E-state index is -0.139. The third kappa shape index (κ3) is 1.93. The predicted molar refractivity (Wildman–Crippen MR) is 97.4 cm³/mol. The molecule has 4 rings (SSSR count). The molecule has 0 spiro atoms. The number of phenols is 1. The molecule has 3 aromatic rings. The first-order valence-electron chi connectivity index (χ1n) is 7.58. The van der Waals surface area contributed by atoms with Crippen molar-refractivity contribution < 1.29 is 9.84 Å². The number of halogens is 1. The van der Waals surface area contributed by atoms with Gasteiger partial charge in [0.05, 0.1) is 7.11 Å². The Bertz CT molecular complexity index is 958. The summed E-state index contributed by atoms with van der Waals surface area (Å²) in [5.41, 5.74) is 4.77. The third-order valence-electron chi connectivity index (χ3n) is 4.92. The Balaban J connectivity index is 2.15. The van der Waals surface area contributed by atoms with E-state index in [2.05, 4.69) is 48.0 Å². The van der Waals surface area contributed by atoms with E-state index in [0.29, 0.717) is 5.75 Å². The topological polar surface area (TPSA) is 29.5 Å². The fourth-order valence-corrected chi connectivity index (χ4v) is 4.05. The molecule has 116 valence electrons. The lowest BCUT2D eigenvalue weighted by Gasteiger charge is -2.22. The van der Waals surface area contributed by atoms with Crippen molar-refractivity contribution >= 4 is 26.7 Å². The molecule has 0 radical (unpaired) electrons. The summed E-state index contributed by atoms with van der Waals surface area (Å²) in [4.78, 5) is 0. The van der Waals surface area contributed by atoms with Crippen LogP contribution in [0.4, 0.5) is 0 Å². The van der Waals surface area contributed by atoms with Crippen LogP contribution in [0, 0.1) is 0 Å². The molecule has 0 fully saturated rings. The lowest BCUT2D eigenvalue weighted by atomic mass is 9.82. The minimum Gasteiger partial charge on any atom is -0.507 e. The summed E-state index contributed by atoms with van der Waals surface area (Å²) < 4.78 is 6.38. The smallest absolute Gasteiger partial charge is 0.123 e. The molecule has 0 aromatic heterocycles. The van der Waals surface area contributed by atoms with Gasteiger partial charge in [0, 0.05) is 15.3 Å². The molecule has 0 saturated heterocycles. The summed E-state index contributed by atoms with van der Waals surface area (Å²) in [6.07, 6.45) is 0. The Morgan fingerprint density at radius 2 is 1.74 bits per heavy atom.